The van der Waals surface area contributed by atoms with Crippen LogP contribution < -0.4 is 4.74 Å². The first kappa shape index (κ1) is 14.4. The second kappa shape index (κ2) is 5.55. The summed E-state index contributed by atoms with van der Waals surface area (Å²) >= 11 is 0. The second-order valence-corrected chi connectivity index (χ2v) is 7.30. The molecule has 1 aromatic carbocycles. The van der Waals surface area contributed by atoms with E-state index in [9.17, 15) is 8.42 Å². The molecule has 0 amide bonds. The topological polar surface area (TPSA) is 43.4 Å². The van der Waals surface area contributed by atoms with E-state index in [0.717, 1.165) is 30.6 Å². The molecule has 0 radical (unpaired) electrons. The third kappa shape index (κ3) is 3.31. The van der Waals surface area contributed by atoms with Crippen molar-refractivity contribution in [3.8, 4) is 5.75 Å². The van der Waals surface area contributed by atoms with Gasteiger partial charge in [0.1, 0.15) is 11.9 Å². The standard InChI is InChI=1S/C14H17ClO3S/c1-10-11(2)14(19(15,16)17)9-8-13(10)18-12-6-4-3-5-7-12/h4,6,8-9,12H,3,5,7H2,1-2H3. The summed E-state index contributed by atoms with van der Waals surface area (Å²) in [5.74, 6) is 0.720. The highest BCUT2D eigenvalue weighted by molar-refractivity contribution is 8.13. The Balaban J connectivity index is 2.31. The summed E-state index contributed by atoms with van der Waals surface area (Å²) in [6.45, 7) is 3.59. The molecule has 1 aliphatic rings. The van der Waals surface area contributed by atoms with E-state index in [-0.39, 0.29) is 11.0 Å². The SMILES string of the molecule is Cc1c(OC2C=CCCC2)ccc(S(=O)(=O)Cl)c1C. The van der Waals surface area contributed by atoms with Crippen LogP contribution in [0.3, 0.4) is 0 Å². The largest absolute Gasteiger partial charge is 0.486 e. The molecule has 0 fully saturated rings. The number of allylic oxidation sites excluding steroid dienone is 1. The lowest BCUT2D eigenvalue weighted by Gasteiger charge is -2.21. The Labute approximate surface area is 118 Å². The second-order valence-electron chi connectivity index (χ2n) is 4.77. The van der Waals surface area contributed by atoms with Crippen LogP contribution in [0.1, 0.15) is 30.4 Å². The summed E-state index contributed by atoms with van der Waals surface area (Å²) in [4.78, 5) is 0.151. The Kier molecular flexibility index (Phi) is 4.21. The average molecular weight is 301 g/mol. The van der Waals surface area contributed by atoms with E-state index < -0.39 is 9.05 Å². The van der Waals surface area contributed by atoms with Crippen LogP contribution in [0.15, 0.2) is 29.2 Å². The highest BCUT2D eigenvalue weighted by atomic mass is 35.7. The molecule has 1 aliphatic carbocycles. The summed E-state index contributed by atoms with van der Waals surface area (Å²) in [5, 5.41) is 0. The fourth-order valence-corrected chi connectivity index (χ4v) is 3.46. The maximum Gasteiger partial charge on any atom is 0.261 e. The lowest BCUT2D eigenvalue weighted by atomic mass is 10.0. The van der Waals surface area contributed by atoms with E-state index in [2.05, 4.69) is 12.2 Å². The number of hydrogen-bond donors (Lipinski definition) is 0. The zero-order chi connectivity index (χ0) is 14.0. The lowest BCUT2D eigenvalue weighted by Crippen LogP contribution is -2.16. The fraction of sp³-hybridized carbons (Fsp3) is 0.429. The van der Waals surface area contributed by atoms with Crippen molar-refractivity contribution in [3.05, 3.63) is 35.4 Å². The first-order valence-corrected chi connectivity index (χ1v) is 8.58. The molecule has 0 saturated heterocycles. The van der Waals surface area contributed by atoms with Gasteiger partial charge in [-0.05, 0) is 62.4 Å². The minimum Gasteiger partial charge on any atom is -0.486 e. The zero-order valence-electron chi connectivity index (χ0n) is 11.0. The van der Waals surface area contributed by atoms with Gasteiger partial charge in [0, 0.05) is 10.7 Å². The highest BCUT2D eigenvalue weighted by Gasteiger charge is 2.18. The van der Waals surface area contributed by atoms with Gasteiger partial charge in [-0.15, -0.1) is 0 Å². The van der Waals surface area contributed by atoms with Crippen LogP contribution in [0.25, 0.3) is 0 Å². The molecular formula is C14H17ClO3S. The molecule has 0 aromatic heterocycles. The van der Waals surface area contributed by atoms with Crippen molar-refractivity contribution in [1.29, 1.82) is 0 Å². The van der Waals surface area contributed by atoms with Crippen LogP contribution >= 0.6 is 10.7 Å². The number of halogens is 1. The van der Waals surface area contributed by atoms with Gasteiger partial charge in [-0.1, -0.05) is 6.08 Å². The molecule has 104 valence electrons. The van der Waals surface area contributed by atoms with Crippen molar-refractivity contribution in [2.75, 3.05) is 0 Å². The quantitative estimate of drug-likeness (QED) is 0.631. The Bertz CT molecular complexity index is 605. The summed E-state index contributed by atoms with van der Waals surface area (Å²) in [6, 6.07) is 3.19. The minimum absolute atomic E-state index is 0.0744. The highest BCUT2D eigenvalue weighted by Crippen LogP contribution is 2.30. The van der Waals surface area contributed by atoms with Crippen molar-refractivity contribution in [2.45, 2.75) is 44.1 Å². The summed E-state index contributed by atoms with van der Waals surface area (Å²) in [7, 11) is 1.70. The maximum absolute atomic E-state index is 11.4. The molecule has 0 bridgehead atoms. The smallest absolute Gasteiger partial charge is 0.261 e. The van der Waals surface area contributed by atoms with Crippen LogP contribution in [0.5, 0.6) is 5.75 Å². The molecule has 2 rings (SSSR count). The van der Waals surface area contributed by atoms with Gasteiger partial charge in [-0.2, -0.15) is 0 Å². The number of benzene rings is 1. The first-order chi connectivity index (χ1) is 8.89. The van der Waals surface area contributed by atoms with Gasteiger partial charge in [0.05, 0.1) is 4.90 Å². The third-order valence-corrected chi connectivity index (χ3v) is 4.91. The van der Waals surface area contributed by atoms with Crippen molar-refractivity contribution in [2.24, 2.45) is 0 Å². The third-order valence-electron chi connectivity index (χ3n) is 3.44. The molecular weight excluding hydrogens is 284 g/mol. The van der Waals surface area contributed by atoms with Crippen molar-refractivity contribution >= 4 is 19.7 Å². The fourth-order valence-electron chi connectivity index (χ4n) is 2.21. The molecule has 0 N–H and O–H groups in total. The monoisotopic (exact) mass is 300 g/mol. The van der Waals surface area contributed by atoms with Gasteiger partial charge in [-0.3, -0.25) is 0 Å². The number of ether oxygens (including phenoxy) is 1. The van der Waals surface area contributed by atoms with E-state index in [0.29, 0.717) is 5.56 Å². The predicted octanol–water partition coefficient (Wildman–Crippen LogP) is 3.72. The molecule has 0 saturated carbocycles. The number of rotatable bonds is 3. The molecule has 1 aromatic rings. The maximum atomic E-state index is 11.4. The lowest BCUT2D eigenvalue weighted by molar-refractivity contribution is 0.228. The number of hydrogen-bond acceptors (Lipinski definition) is 3. The minimum atomic E-state index is -3.70. The summed E-state index contributed by atoms with van der Waals surface area (Å²) in [6.07, 6.45) is 7.46. The molecule has 0 spiro atoms. The van der Waals surface area contributed by atoms with Crippen molar-refractivity contribution < 1.29 is 13.2 Å². The van der Waals surface area contributed by atoms with Crippen LogP contribution in [0.2, 0.25) is 0 Å². The van der Waals surface area contributed by atoms with Crippen molar-refractivity contribution in [3.63, 3.8) is 0 Å². The molecule has 1 unspecified atom stereocenters. The van der Waals surface area contributed by atoms with E-state index in [4.69, 9.17) is 15.4 Å². The van der Waals surface area contributed by atoms with E-state index >= 15 is 0 Å². The Morgan fingerprint density at radius 1 is 1.26 bits per heavy atom. The molecule has 3 nitrogen and oxygen atoms in total. The van der Waals surface area contributed by atoms with E-state index in [1.54, 1.807) is 13.0 Å². The average Bonchev–Trinajstić information content (AvgIpc) is 2.35. The molecule has 1 atom stereocenters. The van der Waals surface area contributed by atoms with Crippen LogP contribution in [0.4, 0.5) is 0 Å². The van der Waals surface area contributed by atoms with Gasteiger partial charge in [0.15, 0.2) is 0 Å². The van der Waals surface area contributed by atoms with Crippen LogP contribution in [-0.4, -0.2) is 14.5 Å². The van der Waals surface area contributed by atoms with Crippen molar-refractivity contribution in [1.82, 2.24) is 0 Å². The molecule has 0 aliphatic heterocycles. The van der Waals surface area contributed by atoms with Gasteiger partial charge in [0.2, 0.25) is 0 Å². The van der Waals surface area contributed by atoms with Gasteiger partial charge in [0.25, 0.3) is 9.05 Å². The predicted molar refractivity (Wildman–Crippen MR) is 76.4 cm³/mol. The molecule has 0 heterocycles. The Morgan fingerprint density at radius 3 is 2.58 bits per heavy atom. The summed E-state index contributed by atoms with van der Waals surface area (Å²) < 4.78 is 28.8. The van der Waals surface area contributed by atoms with Gasteiger partial charge in [-0.25, -0.2) is 8.42 Å². The molecule has 19 heavy (non-hydrogen) atoms. The normalized spacial score (nSPS) is 19.4. The van der Waals surface area contributed by atoms with Gasteiger partial charge >= 0.3 is 0 Å². The zero-order valence-corrected chi connectivity index (χ0v) is 12.6. The van der Waals surface area contributed by atoms with E-state index in [1.807, 2.05) is 6.92 Å². The van der Waals surface area contributed by atoms with Gasteiger partial charge < -0.3 is 4.74 Å². The Hall–Kier alpha value is -1.00. The first-order valence-electron chi connectivity index (χ1n) is 6.28. The van der Waals surface area contributed by atoms with Crippen LogP contribution in [-0.2, 0) is 9.05 Å². The Morgan fingerprint density at radius 2 is 2.00 bits per heavy atom. The van der Waals surface area contributed by atoms with E-state index in [1.165, 1.54) is 6.07 Å². The molecule has 5 heteroatoms. The summed E-state index contributed by atoms with van der Waals surface area (Å²) in [5.41, 5.74) is 1.47. The van der Waals surface area contributed by atoms with Crippen LogP contribution in [0, 0.1) is 13.8 Å².